The monoisotopic (exact) mass is 431 g/mol. The minimum absolute atomic E-state index is 1.00. The van der Waals surface area contributed by atoms with Crippen LogP contribution in [0.25, 0.3) is 0 Å². The maximum absolute atomic E-state index is 11.4. The number of primary amides is 1. The molecule has 0 aliphatic heterocycles. The van der Waals surface area contributed by atoms with Gasteiger partial charge < -0.3 is 40.2 Å². The lowest BCUT2D eigenvalue weighted by molar-refractivity contribution is -0.164. The molecule has 1 rings (SSSR count). The molecule has 1 aliphatic carbocycles. The van der Waals surface area contributed by atoms with Crippen LogP contribution in [0.3, 0.4) is 0 Å². The summed E-state index contributed by atoms with van der Waals surface area (Å²) in [4.78, 5) is 64.6. The third-order valence-corrected chi connectivity index (χ3v) is 4.68. The summed E-state index contributed by atoms with van der Waals surface area (Å²) in [6.45, 7) is 0. The van der Waals surface area contributed by atoms with Gasteiger partial charge in [0.1, 0.15) is 23.9 Å². The highest BCUT2D eigenvalue weighted by molar-refractivity contribution is 7.47. The largest absolute Gasteiger partial charge is 0.470 e. The lowest BCUT2D eigenvalue weighted by atomic mass is 9.79. The zero-order valence-electron chi connectivity index (χ0n) is 12.1. The molecule has 18 heteroatoms. The Kier molecular flexibility index (Phi) is 6.76. The molecule has 0 aromatic heterocycles. The summed E-state index contributed by atoms with van der Waals surface area (Å²) in [5, 5.41) is 10.1. The number of nitrogens with two attached hydrogens (primary N) is 1. The molecule has 0 aromatic rings. The van der Waals surface area contributed by atoms with Gasteiger partial charge in [-0.3, -0.25) is 18.4 Å². The van der Waals surface area contributed by atoms with Crippen molar-refractivity contribution < 1.29 is 66.5 Å². The second-order valence-electron chi connectivity index (χ2n) is 5.13. The van der Waals surface area contributed by atoms with E-state index in [2.05, 4.69) is 13.6 Å². The number of hydrogen-bond acceptors (Lipinski definition) is 8. The van der Waals surface area contributed by atoms with E-state index in [1.54, 1.807) is 0 Å². The highest BCUT2D eigenvalue weighted by atomic mass is 31.2. The van der Waals surface area contributed by atoms with Crippen LogP contribution in [0.5, 0.6) is 0 Å². The van der Waals surface area contributed by atoms with Crippen molar-refractivity contribution >= 4 is 29.4 Å². The number of aliphatic hydroxyl groups is 1. The van der Waals surface area contributed by atoms with E-state index in [9.17, 15) is 23.6 Å². The number of rotatable bonds is 7. The Morgan fingerprint density at radius 3 is 1.40 bits per heavy atom. The second kappa shape index (κ2) is 7.41. The van der Waals surface area contributed by atoms with E-state index < -0.39 is 66.1 Å². The summed E-state index contributed by atoms with van der Waals surface area (Å²) in [5.74, 6) is -1.46. The smallest absolute Gasteiger partial charge is 0.380 e. The van der Waals surface area contributed by atoms with Gasteiger partial charge in [-0.1, -0.05) is 0 Å². The molecular weight excluding hydrogens is 415 g/mol. The quantitative estimate of drug-likeness (QED) is 0.193. The molecule has 0 heterocycles. The standard InChI is InChI=1S/C7H16NO14P3/c8-6(9)7(10)1-3(20-23(11,12)13)5(22-25(17,18)19)4(2-7)21-24(14,15)16/h3-5,10H,1-2H2,(H2,8,9)(H2,11,12,13)(H2,14,15,16)(H2,17,18,19)/t3-,4-,5?,7?/m1/s1. The van der Waals surface area contributed by atoms with Crippen LogP contribution in [0.4, 0.5) is 0 Å². The number of phosphoric ester groups is 3. The van der Waals surface area contributed by atoms with Crippen LogP contribution < -0.4 is 5.73 Å². The van der Waals surface area contributed by atoms with E-state index in [1.807, 2.05) is 0 Å². The van der Waals surface area contributed by atoms with Crippen LogP contribution in [-0.2, 0) is 32.1 Å². The molecule has 0 radical (unpaired) electrons. The summed E-state index contributed by atoms with van der Waals surface area (Å²) in [6, 6.07) is 0. The summed E-state index contributed by atoms with van der Waals surface area (Å²) < 4.78 is 45.7. The molecule has 0 saturated heterocycles. The van der Waals surface area contributed by atoms with Crippen LogP contribution in [0.1, 0.15) is 12.8 Å². The maximum Gasteiger partial charge on any atom is 0.470 e. The van der Waals surface area contributed by atoms with Crippen molar-refractivity contribution in [2.45, 2.75) is 36.8 Å². The van der Waals surface area contributed by atoms with Crippen molar-refractivity contribution in [3.8, 4) is 0 Å². The first kappa shape index (κ1) is 22.8. The van der Waals surface area contributed by atoms with Gasteiger partial charge in [0.15, 0.2) is 0 Å². The lowest BCUT2D eigenvalue weighted by Crippen LogP contribution is -2.59. The van der Waals surface area contributed by atoms with E-state index >= 15 is 0 Å². The van der Waals surface area contributed by atoms with Gasteiger partial charge in [0.2, 0.25) is 5.91 Å². The van der Waals surface area contributed by atoms with Gasteiger partial charge in [-0.2, -0.15) is 0 Å². The first-order chi connectivity index (χ1) is 10.9. The van der Waals surface area contributed by atoms with Crippen molar-refractivity contribution in [1.82, 2.24) is 0 Å². The highest BCUT2D eigenvalue weighted by Gasteiger charge is 2.54. The van der Waals surface area contributed by atoms with Gasteiger partial charge in [0.25, 0.3) is 0 Å². The molecule has 1 saturated carbocycles. The molecule has 0 spiro atoms. The molecule has 1 fully saturated rings. The lowest BCUT2D eigenvalue weighted by Gasteiger charge is -2.43. The van der Waals surface area contributed by atoms with Gasteiger partial charge in [-0.15, -0.1) is 0 Å². The Bertz CT molecular complexity index is 613. The molecule has 0 aromatic carbocycles. The maximum atomic E-state index is 11.4. The molecule has 1 aliphatic rings. The predicted octanol–water partition coefficient (Wildman–Crippen LogP) is -2.57. The zero-order valence-corrected chi connectivity index (χ0v) is 14.7. The van der Waals surface area contributed by atoms with Crippen LogP contribution >= 0.6 is 23.5 Å². The molecular formula is C7H16NO14P3. The average Bonchev–Trinajstić information content (AvgIpc) is 2.28. The SMILES string of the molecule is NC(=O)C1(O)C[C@@H](OP(=O)(O)O)C(OP(=O)(O)O)[C@H](OP(=O)(O)O)C1. The van der Waals surface area contributed by atoms with Gasteiger partial charge >= 0.3 is 23.5 Å². The fourth-order valence-corrected chi connectivity index (χ4v) is 3.95. The minimum Gasteiger partial charge on any atom is -0.380 e. The summed E-state index contributed by atoms with van der Waals surface area (Å²) in [5.41, 5.74) is 2.33. The molecule has 0 bridgehead atoms. The normalized spacial score (nSPS) is 31.7. The number of phosphoric acid groups is 3. The summed E-state index contributed by atoms with van der Waals surface area (Å²) >= 11 is 0. The van der Waals surface area contributed by atoms with Crippen LogP contribution in [0.2, 0.25) is 0 Å². The highest BCUT2D eigenvalue weighted by Crippen LogP contribution is 2.51. The first-order valence-corrected chi connectivity index (χ1v) is 10.8. The molecule has 15 nitrogen and oxygen atoms in total. The fourth-order valence-electron chi connectivity index (χ4n) is 2.26. The van der Waals surface area contributed by atoms with E-state index in [0.29, 0.717) is 0 Å². The predicted molar refractivity (Wildman–Crippen MR) is 74.1 cm³/mol. The van der Waals surface area contributed by atoms with Crippen LogP contribution in [0, 0.1) is 0 Å². The summed E-state index contributed by atoms with van der Waals surface area (Å²) in [6.07, 6.45) is -8.40. The van der Waals surface area contributed by atoms with Gasteiger partial charge in [-0.25, -0.2) is 13.7 Å². The Morgan fingerprint density at radius 1 is 0.840 bits per heavy atom. The minimum atomic E-state index is -5.37. The molecule has 9 N–H and O–H groups in total. The summed E-state index contributed by atoms with van der Waals surface area (Å²) in [7, 11) is -16.1. The molecule has 25 heavy (non-hydrogen) atoms. The van der Waals surface area contributed by atoms with E-state index in [0.717, 1.165) is 0 Å². The average molecular weight is 431 g/mol. The van der Waals surface area contributed by atoms with Crippen molar-refractivity contribution in [2.75, 3.05) is 0 Å². The fraction of sp³-hybridized carbons (Fsp3) is 0.857. The van der Waals surface area contributed by atoms with Gasteiger partial charge in [0.05, 0.1) is 0 Å². The molecule has 148 valence electrons. The van der Waals surface area contributed by atoms with E-state index in [1.165, 1.54) is 0 Å². The molecule has 0 unspecified atom stereocenters. The number of carbonyl (C=O) groups is 1. The van der Waals surface area contributed by atoms with Crippen molar-refractivity contribution in [3.05, 3.63) is 0 Å². The Balaban J connectivity index is 3.33. The Hall–Kier alpha value is -0.240. The number of amides is 1. The Morgan fingerprint density at radius 2 is 1.16 bits per heavy atom. The van der Waals surface area contributed by atoms with Crippen LogP contribution in [-0.4, -0.2) is 64.3 Å². The van der Waals surface area contributed by atoms with Crippen LogP contribution in [0.15, 0.2) is 0 Å². The van der Waals surface area contributed by atoms with Gasteiger partial charge in [-0.05, 0) is 0 Å². The zero-order chi connectivity index (χ0) is 19.8. The van der Waals surface area contributed by atoms with Crippen molar-refractivity contribution in [1.29, 1.82) is 0 Å². The van der Waals surface area contributed by atoms with E-state index in [-0.39, 0.29) is 0 Å². The third-order valence-electron chi connectivity index (χ3n) is 3.07. The number of hydrogen-bond donors (Lipinski definition) is 8. The Labute approximate surface area is 139 Å². The molecule has 2 atom stereocenters. The van der Waals surface area contributed by atoms with E-state index in [4.69, 9.17) is 35.1 Å². The molecule has 1 amide bonds. The van der Waals surface area contributed by atoms with Crippen molar-refractivity contribution in [3.63, 3.8) is 0 Å². The topological polar surface area (TPSA) is 264 Å². The third kappa shape index (κ3) is 7.49. The second-order valence-corrected chi connectivity index (χ2v) is 8.71. The van der Waals surface area contributed by atoms with Crippen molar-refractivity contribution in [2.24, 2.45) is 5.73 Å². The van der Waals surface area contributed by atoms with Gasteiger partial charge in [0, 0.05) is 12.8 Å². The number of carbonyl (C=O) groups excluding carboxylic acids is 1. The first-order valence-electron chi connectivity index (χ1n) is 6.16.